The van der Waals surface area contributed by atoms with Gasteiger partial charge in [0.2, 0.25) is 0 Å². The Balaban J connectivity index is 2.42. The lowest BCUT2D eigenvalue weighted by Crippen LogP contribution is -2.51. The Bertz CT molecular complexity index is 425. The van der Waals surface area contributed by atoms with Gasteiger partial charge in [-0.3, -0.25) is 5.32 Å². The molecule has 0 saturated heterocycles. The van der Waals surface area contributed by atoms with Crippen LogP contribution in [0.5, 0.6) is 0 Å². The van der Waals surface area contributed by atoms with Crippen LogP contribution in [0.2, 0.25) is 0 Å². The molecule has 2 rings (SSSR count). The van der Waals surface area contributed by atoms with E-state index in [9.17, 15) is 4.79 Å². The molecule has 1 unspecified atom stereocenters. The van der Waals surface area contributed by atoms with Crippen molar-refractivity contribution in [1.82, 2.24) is 5.32 Å². The molecule has 1 aromatic rings. The Hall–Kier alpha value is -1.61. The molecule has 3 nitrogen and oxygen atoms in total. The fourth-order valence-electron chi connectivity index (χ4n) is 2.45. The van der Waals surface area contributed by atoms with Crippen molar-refractivity contribution in [2.24, 2.45) is 5.92 Å². The smallest absolute Gasteiger partial charge is 0.331 e. The van der Waals surface area contributed by atoms with Gasteiger partial charge in [0.05, 0.1) is 7.11 Å². The summed E-state index contributed by atoms with van der Waals surface area (Å²) >= 11 is 0. The van der Waals surface area contributed by atoms with Gasteiger partial charge in [0, 0.05) is 6.54 Å². The van der Waals surface area contributed by atoms with Crippen molar-refractivity contribution >= 4 is 5.97 Å². The van der Waals surface area contributed by atoms with E-state index in [2.05, 4.69) is 11.9 Å². The summed E-state index contributed by atoms with van der Waals surface area (Å²) in [6, 6.07) is 9.80. The van der Waals surface area contributed by atoms with Crippen LogP contribution in [0.25, 0.3) is 0 Å². The summed E-state index contributed by atoms with van der Waals surface area (Å²) in [5.41, 5.74) is 0.255. The van der Waals surface area contributed by atoms with Crippen molar-refractivity contribution in [1.29, 1.82) is 0 Å². The molecule has 1 atom stereocenters. The third-order valence-electron chi connectivity index (χ3n) is 3.45. The van der Waals surface area contributed by atoms with Gasteiger partial charge in [-0.15, -0.1) is 6.58 Å². The van der Waals surface area contributed by atoms with Crippen molar-refractivity contribution in [2.75, 3.05) is 13.7 Å². The number of benzene rings is 1. The van der Waals surface area contributed by atoms with Gasteiger partial charge in [-0.1, -0.05) is 36.4 Å². The molecule has 0 spiro atoms. The van der Waals surface area contributed by atoms with Gasteiger partial charge in [0.1, 0.15) is 5.54 Å². The first-order valence-corrected chi connectivity index (χ1v) is 6.25. The average Bonchev–Trinajstić information content (AvgIpc) is 3.25. The van der Waals surface area contributed by atoms with Crippen molar-refractivity contribution in [2.45, 2.75) is 18.4 Å². The van der Waals surface area contributed by atoms with Gasteiger partial charge in [-0.2, -0.15) is 0 Å². The van der Waals surface area contributed by atoms with Crippen LogP contribution in [-0.4, -0.2) is 19.6 Å². The van der Waals surface area contributed by atoms with Gasteiger partial charge in [0.25, 0.3) is 0 Å². The number of carbonyl (C=O) groups excluding carboxylic acids is 1. The molecule has 3 heteroatoms. The van der Waals surface area contributed by atoms with E-state index < -0.39 is 5.54 Å². The Morgan fingerprint density at radius 1 is 1.50 bits per heavy atom. The van der Waals surface area contributed by atoms with Crippen molar-refractivity contribution in [3.8, 4) is 0 Å². The minimum Gasteiger partial charge on any atom is -0.467 e. The number of rotatable bonds is 6. The zero-order valence-electron chi connectivity index (χ0n) is 10.7. The van der Waals surface area contributed by atoms with Crippen molar-refractivity contribution in [3.63, 3.8) is 0 Å². The first kappa shape index (κ1) is 12.8. The highest BCUT2D eigenvalue weighted by Crippen LogP contribution is 2.46. The summed E-state index contributed by atoms with van der Waals surface area (Å²) < 4.78 is 5.03. The fraction of sp³-hybridized carbons (Fsp3) is 0.400. The van der Waals surface area contributed by atoms with E-state index in [1.165, 1.54) is 7.11 Å². The third kappa shape index (κ3) is 2.18. The molecule has 1 aliphatic rings. The molecule has 0 heterocycles. The molecule has 1 N–H and O–H groups in total. The average molecular weight is 245 g/mol. The molecule has 1 aliphatic carbocycles. The first-order chi connectivity index (χ1) is 8.75. The van der Waals surface area contributed by atoms with Crippen LogP contribution in [0, 0.1) is 5.92 Å². The van der Waals surface area contributed by atoms with Crippen LogP contribution in [0.15, 0.2) is 43.0 Å². The largest absolute Gasteiger partial charge is 0.467 e. The Kier molecular flexibility index (Phi) is 3.82. The van der Waals surface area contributed by atoms with E-state index in [1.54, 1.807) is 6.08 Å². The molecule has 18 heavy (non-hydrogen) atoms. The highest BCUT2D eigenvalue weighted by Gasteiger charge is 2.52. The lowest BCUT2D eigenvalue weighted by Gasteiger charge is -2.32. The van der Waals surface area contributed by atoms with E-state index in [0.717, 1.165) is 18.4 Å². The van der Waals surface area contributed by atoms with Gasteiger partial charge < -0.3 is 4.74 Å². The number of methoxy groups -OCH3 is 1. The highest BCUT2D eigenvalue weighted by molar-refractivity contribution is 5.83. The number of nitrogens with one attached hydrogen (secondary N) is 1. The molecule has 0 radical (unpaired) electrons. The summed E-state index contributed by atoms with van der Waals surface area (Å²) in [7, 11) is 1.44. The molecular weight excluding hydrogens is 226 g/mol. The maximum Gasteiger partial charge on any atom is 0.331 e. The number of ether oxygens (including phenoxy) is 1. The van der Waals surface area contributed by atoms with Gasteiger partial charge in [-0.05, 0) is 24.3 Å². The summed E-state index contributed by atoms with van der Waals surface area (Å²) in [4.78, 5) is 12.3. The molecule has 0 bridgehead atoms. The highest BCUT2D eigenvalue weighted by atomic mass is 16.5. The molecule has 0 amide bonds. The second kappa shape index (κ2) is 5.36. The van der Waals surface area contributed by atoms with Crippen LogP contribution >= 0.6 is 0 Å². The van der Waals surface area contributed by atoms with Crippen LogP contribution in [0.4, 0.5) is 0 Å². The van der Waals surface area contributed by atoms with E-state index in [1.807, 2.05) is 30.3 Å². The SMILES string of the molecule is C=CCNC(C(=O)OC)(c1ccccc1)C1CC1. The normalized spacial score (nSPS) is 17.8. The fourth-order valence-corrected chi connectivity index (χ4v) is 2.45. The molecule has 1 saturated carbocycles. The molecule has 0 aromatic heterocycles. The molecule has 0 aliphatic heterocycles. The third-order valence-corrected chi connectivity index (χ3v) is 3.45. The second-order valence-corrected chi connectivity index (χ2v) is 4.61. The van der Waals surface area contributed by atoms with E-state index in [0.29, 0.717) is 12.5 Å². The first-order valence-electron chi connectivity index (χ1n) is 6.25. The lowest BCUT2D eigenvalue weighted by atomic mass is 9.84. The zero-order chi connectivity index (χ0) is 13.0. The number of carbonyl (C=O) groups is 1. The lowest BCUT2D eigenvalue weighted by molar-refractivity contribution is -0.150. The van der Waals surface area contributed by atoms with Crippen LogP contribution < -0.4 is 5.32 Å². The van der Waals surface area contributed by atoms with Crippen molar-refractivity contribution in [3.05, 3.63) is 48.6 Å². The number of hydrogen-bond donors (Lipinski definition) is 1. The van der Waals surface area contributed by atoms with E-state index >= 15 is 0 Å². The predicted molar refractivity (Wildman–Crippen MR) is 71.1 cm³/mol. The summed E-state index contributed by atoms with van der Waals surface area (Å²) in [5.74, 6) is 0.102. The molecule has 1 aromatic carbocycles. The number of hydrogen-bond acceptors (Lipinski definition) is 3. The number of esters is 1. The Morgan fingerprint density at radius 2 is 2.17 bits per heavy atom. The maximum atomic E-state index is 12.3. The van der Waals surface area contributed by atoms with E-state index in [-0.39, 0.29) is 5.97 Å². The summed E-state index contributed by atoms with van der Waals surface area (Å²) in [6.07, 6.45) is 3.87. The van der Waals surface area contributed by atoms with Crippen LogP contribution in [-0.2, 0) is 15.1 Å². The topological polar surface area (TPSA) is 38.3 Å². The minimum atomic E-state index is -0.718. The van der Waals surface area contributed by atoms with Gasteiger partial charge in [0.15, 0.2) is 0 Å². The van der Waals surface area contributed by atoms with Crippen molar-refractivity contribution < 1.29 is 9.53 Å². The zero-order valence-corrected chi connectivity index (χ0v) is 10.7. The van der Waals surface area contributed by atoms with Gasteiger partial charge >= 0.3 is 5.97 Å². The maximum absolute atomic E-state index is 12.3. The monoisotopic (exact) mass is 245 g/mol. The summed E-state index contributed by atoms with van der Waals surface area (Å²) in [6.45, 7) is 4.29. The predicted octanol–water partition coefficient (Wildman–Crippen LogP) is 2.24. The van der Waals surface area contributed by atoms with Crippen LogP contribution in [0.1, 0.15) is 18.4 Å². The minimum absolute atomic E-state index is 0.210. The van der Waals surface area contributed by atoms with Crippen LogP contribution in [0.3, 0.4) is 0 Å². The molecule has 96 valence electrons. The Morgan fingerprint density at radius 3 is 2.67 bits per heavy atom. The standard InChI is InChI=1S/C15H19NO2/c1-3-11-16-15(13-9-10-13,14(17)18-2)12-7-5-4-6-8-12/h3-8,13,16H,1,9-11H2,2H3. The van der Waals surface area contributed by atoms with Gasteiger partial charge in [-0.25, -0.2) is 4.79 Å². The quantitative estimate of drug-likeness (QED) is 0.617. The summed E-state index contributed by atoms with van der Waals surface area (Å²) in [5, 5.41) is 3.32. The van der Waals surface area contributed by atoms with E-state index in [4.69, 9.17) is 4.74 Å². The second-order valence-electron chi connectivity index (χ2n) is 4.61. The molecular formula is C15H19NO2. The molecule has 1 fully saturated rings. The Labute approximate surface area is 108 Å².